The molecule has 1 amide bonds. The number of rotatable bonds is 8. The molecule has 0 radical (unpaired) electrons. The molecule has 1 N–H and O–H groups in total. The maximum absolute atomic E-state index is 13.5. The zero-order valence-electron chi connectivity index (χ0n) is 19.4. The minimum absolute atomic E-state index is 0.0765. The first kappa shape index (κ1) is 25.3. The highest BCUT2D eigenvalue weighted by Crippen LogP contribution is 2.33. The molecule has 1 heterocycles. The zero-order valence-corrected chi connectivity index (χ0v) is 20.9. The van der Waals surface area contributed by atoms with Gasteiger partial charge in [0, 0.05) is 43.0 Å². The number of sulfonamides is 1. The summed E-state index contributed by atoms with van der Waals surface area (Å²) < 4.78 is 38.4. The number of aryl methyl sites for hydroxylation is 1. The quantitative estimate of drug-likeness (QED) is 0.599. The minimum atomic E-state index is -3.73. The van der Waals surface area contributed by atoms with Crippen LogP contribution in [0.4, 0.5) is 11.4 Å². The Morgan fingerprint density at radius 1 is 1.18 bits per heavy atom. The molecule has 180 valence electrons. The van der Waals surface area contributed by atoms with Crippen molar-refractivity contribution in [2.24, 2.45) is 0 Å². The van der Waals surface area contributed by atoms with Crippen LogP contribution in [0.25, 0.3) is 0 Å². The second kappa shape index (κ2) is 10.7. The predicted octanol–water partition coefficient (Wildman–Crippen LogP) is 3.78. The fourth-order valence-corrected chi connectivity index (χ4v) is 5.41. The molecule has 0 aromatic heterocycles. The van der Waals surface area contributed by atoms with E-state index in [1.807, 2.05) is 11.8 Å². The van der Waals surface area contributed by atoms with Crippen molar-refractivity contribution in [3.8, 4) is 5.75 Å². The molecule has 1 aliphatic heterocycles. The number of amides is 1. The normalized spacial score (nSPS) is 14.4. The number of nitrogens with zero attached hydrogens (tertiary/aromatic N) is 2. The van der Waals surface area contributed by atoms with Crippen LogP contribution in [-0.4, -0.2) is 65.1 Å². The highest BCUT2D eigenvalue weighted by Gasteiger charge is 2.26. The summed E-state index contributed by atoms with van der Waals surface area (Å²) in [6.07, 6.45) is 0. The molecule has 8 nitrogen and oxygen atoms in total. The van der Waals surface area contributed by atoms with Gasteiger partial charge in [0.1, 0.15) is 5.75 Å². The van der Waals surface area contributed by atoms with E-state index in [-0.39, 0.29) is 10.5 Å². The third kappa shape index (κ3) is 5.43. The van der Waals surface area contributed by atoms with Crippen LogP contribution >= 0.6 is 11.6 Å². The van der Waals surface area contributed by atoms with Gasteiger partial charge in [-0.05, 0) is 36.8 Å². The van der Waals surface area contributed by atoms with Crippen LogP contribution in [0.2, 0.25) is 5.02 Å². The number of hydrogen-bond donors (Lipinski definition) is 1. The van der Waals surface area contributed by atoms with Crippen LogP contribution < -0.4 is 15.0 Å². The van der Waals surface area contributed by atoms with Crippen molar-refractivity contribution in [3.63, 3.8) is 0 Å². The lowest BCUT2D eigenvalue weighted by molar-refractivity contribution is 0.102. The van der Waals surface area contributed by atoms with Crippen molar-refractivity contribution >= 4 is 38.9 Å². The summed E-state index contributed by atoms with van der Waals surface area (Å²) in [7, 11) is -2.24. The Morgan fingerprint density at radius 2 is 1.85 bits per heavy atom. The fourth-order valence-electron chi connectivity index (χ4n) is 3.77. The Morgan fingerprint density at radius 3 is 2.45 bits per heavy atom. The van der Waals surface area contributed by atoms with Crippen LogP contribution in [-0.2, 0) is 14.8 Å². The average molecular weight is 496 g/mol. The molecule has 0 saturated carbocycles. The van der Waals surface area contributed by atoms with Crippen LogP contribution in [0.1, 0.15) is 29.8 Å². The van der Waals surface area contributed by atoms with Gasteiger partial charge in [-0.3, -0.25) is 4.79 Å². The predicted molar refractivity (Wildman–Crippen MR) is 130 cm³/mol. The first-order chi connectivity index (χ1) is 15.7. The van der Waals surface area contributed by atoms with Gasteiger partial charge in [0.2, 0.25) is 10.0 Å². The number of benzene rings is 2. The third-order valence-electron chi connectivity index (χ3n) is 5.64. The summed E-state index contributed by atoms with van der Waals surface area (Å²) in [5.74, 6) is -0.0214. The maximum atomic E-state index is 13.5. The molecule has 0 spiro atoms. The maximum Gasteiger partial charge on any atom is 0.257 e. The molecule has 1 fully saturated rings. The van der Waals surface area contributed by atoms with Crippen molar-refractivity contribution in [2.75, 3.05) is 56.7 Å². The van der Waals surface area contributed by atoms with Gasteiger partial charge in [0.05, 0.1) is 36.5 Å². The van der Waals surface area contributed by atoms with Crippen molar-refractivity contribution in [2.45, 2.75) is 25.7 Å². The number of carbonyl (C=O) groups excluding carboxylic acids is 1. The molecule has 2 aromatic rings. The van der Waals surface area contributed by atoms with Gasteiger partial charge < -0.3 is 19.7 Å². The molecule has 0 bridgehead atoms. The Bertz CT molecular complexity index is 1110. The van der Waals surface area contributed by atoms with E-state index in [0.29, 0.717) is 61.5 Å². The lowest BCUT2D eigenvalue weighted by Crippen LogP contribution is -2.37. The van der Waals surface area contributed by atoms with Gasteiger partial charge in [-0.15, -0.1) is 0 Å². The Balaban J connectivity index is 2.07. The van der Waals surface area contributed by atoms with Gasteiger partial charge in [0.15, 0.2) is 0 Å². The summed E-state index contributed by atoms with van der Waals surface area (Å²) in [6, 6.07) is 8.06. The number of anilines is 2. The molecule has 0 unspecified atom stereocenters. The van der Waals surface area contributed by atoms with E-state index in [2.05, 4.69) is 5.32 Å². The molecule has 1 aliphatic rings. The number of morpholine rings is 1. The summed E-state index contributed by atoms with van der Waals surface area (Å²) in [6.45, 7) is 8.35. The van der Waals surface area contributed by atoms with E-state index in [0.717, 1.165) is 5.56 Å². The average Bonchev–Trinajstić information content (AvgIpc) is 2.82. The van der Waals surface area contributed by atoms with Gasteiger partial charge >= 0.3 is 0 Å². The van der Waals surface area contributed by atoms with Gasteiger partial charge in [0.25, 0.3) is 5.91 Å². The number of halogens is 1. The summed E-state index contributed by atoms with van der Waals surface area (Å²) >= 11 is 6.19. The first-order valence-corrected chi connectivity index (χ1v) is 12.7. The fraction of sp³-hybridized carbons (Fsp3) is 0.435. The molecule has 33 heavy (non-hydrogen) atoms. The van der Waals surface area contributed by atoms with E-state index in [9.17, 15) is 13.2 Å². The summed E-state index contributed by atoms with van der Waals surface area (Å²) in [4.78, 5) is 15.6. The number of ether oxygens (including phenoxy) is 2. The molecule has 1 saturated heterocycles. The van der Waals surface area contributed by atoms with Crippen molar-refractivity contribution in [1.82, 2.24) is 4.31 Å². The van der Waals surface area contributed by atoms with E-state index >= 15 is 0 Å². The second-order valence-electron chi connectivity index (χ2n) is 7.62. The molecule has 10 heteroatoms. The van der Waals surface area contributed by atoms with Gasteiger partial charge in [-0.2, -0.15) is 4.31 Å². The van der Waals surface area contributed by atoms with Crippen molar-refractivity contribution in [3.05, 3.63) is 46.5 Å². The first-order valence-electron chi connectivity index (χ1n) is 10.8. The Kier molecular flexibility index (Phi) is 8.23. The van der Waals surface area contributed by atoms with Crippen LogP contribution in [0, 0.1) is 6.92 Å². The second-order valence-corrected chi connectivity index (χ2v) is 9.97. The van der Waals surface area contributed by atoms with Gasteiger partial charge in [-0.25, -0.2) is 8.42 Å². The smallest absolute Gasteiger partial charge is 0.257 e. The third-order valence-corrected chi connectivity index (χ3v) is 8.09. The van der Waals surface area contributed by atoms with E-state index in [1.165, 1.54) is 17.5 Å². The number of carbonyl (C=O) groups is 1. The van der Waals surface area contributed by atoms with E-state index in [1.54, 1.807) is 38.1 Å². The molecule has 0 aliphatic carbocycles. The zero-order chi connectivity index (χ0) is 24.2. The Labute approximate surface area is 200 Å². The van der Waals surface area contributed by atoms with E-state index < -0.39 is 15.9 Å². The molecule has 2 aromatic carbocycles. The lowest BCUT2D eigenvalue weighted by Gasteiger charge is -2.31. The van der Waals surface area contributed by atoms with E-state index in [4.69, 9.17) is 21.1 Å². The number of methoxy groups -OCH3 is 1. The van der Waals surface area contributed by atoms with Crippen LogP contribution in [0.3, 0.4) is 0 Å². The molecular formula is C23H30ClN3O5S. The SMILES string of the molecule is CCN(CC)S(=O)(=O)c1ccc(N2CCOCC2)c(C(=O)Nc2cc(C)c(Cl)cc2OC)c1. The highest BCUT2D eigenvalue weighted by atomic mass is 35.5. The largest absolute Gasteiger partial charge is 0.495 e. The topological polar surface area (TPSA) is 88.2 Å². The molecule has 3 rings (SSSR count). The molecular weight excluding hydrogens is 466 g/mol. The van der Waals surface area contributed by atoms with Crippen LogP contribution in [0.15, 0.2) is 35.2 Å². The lowest BCUT2D eigenvalue weighted by atomic mass is 10.1. The summed E-state index contributed by atoms with van der Waals surface area (Å²) in [5.41, 5.74) is 2.15. The number of hydrogen-bond acceptors (Lipinski definition) is 6. The molecule has 0 atom stereocenters. The summed E-state index contributed by atoms with van der Waals surface area (Å²) in [5, 5.41) is 3.39. The highest BCUT2D eigenvalue weighted by molar-refractivity contribution is 7.89. The standard InChI is InChI=1S/C23H30ClN3O5S/c1-5-27(6-2)33(29,30)17-7-8-21(26-9-11-32-12-10-26)18(14-17)23(28)25-20-13-16(3)19(24)15-22(20)31-4/h7-8,13-15H,5-6,9-12H2,1-4H3,(H,25,28). The van der Waals surface area contributed by atoms with Crippen molar-refractivity contribution in [1.29, 1.82) is 0 Å². The van der Waals surface area contributed by atoms with Crippen LogP contribution in [0.5, 0.6) is 5.75 Å². The minimum Gasteiger partial charge on any atom is -0.495 e. The van der Waals surface area contributed by atoms with Gasteiger partial charge in [-0.1, -0.05) is 25.4 Å². The number of nitrogens with one attached hydrogen (secondary N) is 1. The van der Waals surface area contributed by atoms with Crippen molar-refractivity contribution < 1.29 is 22.7 Å². The monoisotopic (exact) mass is 495 g/mol. The Hall–Kier alpha value is -2.33.